The first-order valence-electron chi connectivity index (χ1n) is 6.69. The number of rotatable bonds is 4. The van der Waals surface area contributed by atoms with Crippen LogP contribution in [-0.2, 0) is 4.79 Å². The molecule has 1 atom stereocenters. The first kappa shape index (κ1) is 14.4. The van der Waals surface area contributed by atoms with Gasteiger partial charge in [-0.1, -0.05) is 0 Å². The predicted molar refractivity (Wildman–Crippen MR) is 69.7 cm³/mol. The van der Waals surface area contributed by atoms with Crippen LogP contribution in [0.15, 0.2) is 18.3 Å². The van der Waals surface area contributed by atoms with Gasteiger partial charge in [-0.25, -0.2) is 4.98 Å². The van der Waals surface area contributed by atoms with E-state index in [0.29, 0.717) is 19.5 Å². The lowest BCUT2D eigenvalue weighted by atomic mass is 9.93. The summed E-state index contributed by atoms with van der Waals surface area (Å²) in [4.78, 5) is 27.9. The second-order valence-corrected chi connectivity index (χ2v) is 5.03. The highest BCUT2D eigenvalue weighted by Crippen LogP contribution is 2.22. The van der Waals surface area contributed by atoms with E-state index in [1.165, 1.54) is 18.3 Å². The van der Waals surface area contributed by atoms with Crippen molar-refractivity contribution in [3.05, 3.63) is 29.8 Å². The van der Waals surface area contributed by atoms with Crippen molar-refractivity contribution in [3.63, 3.8) is 0 Å². The Morgan fingerprint density at radius 1 is 1.50 bits per heavy atom. The van der Waals surface area contributed by atoms with Crippen molar-refractivity contribution in [2.45, 2.75) is 25.7 Å². The number of pyridine rings is 1. The number of carbonyl (C=O) groups excluding carboxylic acids is 1. The fourth-order valence-corrected chi connectivity index (χ4v) is 2.53. The van der Waals surface area contributed by atoms with E-state index in [0.717, 1.165) is 12.8 Å². The van der Waals surface area contributed by atoms with Gasteiger partial charge in [0.05, 0.1) is 5.56 Å². The summed E-state index contributed by atoms with van der Waals surface area (Å²) < 4.78 is 13.5. The van der Waals surface area contributed by atoms with E-state index in [1.54, 1.807) is 4.90 Å². The number of hydrogen-bond acceptors (Lipinski definition) is 3. The first-order chi connectivity index (χ1) is 9.58. The van der Waals surface area contributed by atoms with E-state index in [-0.39, 0.29) is 23.8 Å². The Kier molecular flexibility index (Phi) is 4.65. The van der Waals surface area contributed by atoms with Gasteiger partial charge in [0.1, 0.15) is 0 Å². The lowest BCUT2D eigenvalue weighted by molar-refractivity contribution is -0.137. The molecule has 1 aliphatic rings. The topological polar surface area (TPSA) is 70.5 Å². The Hall–Kier alpha value is -1.98. The fourth-order valence-electron chi connectivity index (χ4n) is 2.53. The molecule has 1 saturated heterocycles. The molecule has 1 N–H and O–H groups in total. The van der Waals surface area contributed by atoms with Gasteiger partial charge in [0.2, 0.25) is 5.95 Å². The third-order valence-electron chi connectivity index (χ3n) is 3.56. The van der Waals surface area contributed by atoms with E-state index >= 15 is 0 Å². The van der Waals surface area contributed by atoms with Gasteiger partial charge < -0.3 is 10.0 Å². The largest absolute Gasteiger partial charge is 0.481 e. The molecule has 1 fully saturated rings. The molecule has 1 aromatic heterocycles. The minimum atomic E-state index is -0.827. The number of aliphatic carboxylic acids is 1. The van der Waals surface area contributed by atoms with Crippen LogP contribution in [0.5, 0.6) is 0 Å². The summed E-state index contributed by atoms with van der Waals surface area (Å²) in [5.74, 6) is -1.78. The average Bonchev–Trinajstić information content (AvgIpc) is 2.45. The van der Waals surface area contributed by atoms with Crippen molar-refractivity contribution < 1.29 is 19.1 Å². The summed E-state index contributed by atoms with van der Waals surface area (Å²) in [6, 6.07) is 2.95. The van der Waals surface area contributed by atoms with Crippen molar-refractivity contribution in [1.29, 1.82) is 0 Å². The molecular weight excluding hydrogens is 263 g/mol. The van der Waals surface area contributed by atoms with Gasteiger partial charge in [0.15, 0.2) is 0 Å². The molecule has 0 spiro atoms. The van der Waals surface area contributed by atoms with Crippen LogP contribution in [-0.4, -0.2) is 40.0 Å². The van der Waals surface area contributed by atoms with E-state index < -0.39 is 11.9 Å². The summed E-state index contributed by atoms with van der Waals surface area (Å²) in [6.45, 7) is 1.07. The van der Waals surface area contributed by atoms with Gasteiger partial charge in [0, 0.05) is 25.7 Å². The van der Waals surface area contributed by atoms with Crippen LogP contribution >= 0.6 is 0 Å². The van der Waals surface area contributed by atoms with Gasteiger partial charge in [-0.2, -0.15) is 4.39 Å². The zero-order valence-electron chi connectivity index (χ0n) is 11.1. The summed E-state index contributed by atoms with van der Waals surface area (Å²) >= 11 is 0. The van der Waals surface area contributed by atoms with Crippen molar-refractivity contribution >= 4 is 11.9 Å². The summed E-state index contributed by atoms with van der Waals surface area (Å²) in [5, 5.41) is 8.70. The van der Waals surface area contributed by atoms with E-state index in [1.807, 2.05) is 0 Å². The van der Waals surface area contributed by atoms with Crippen LogP contribution in [0, 0.1) is 11.9 Å². The second kappa shape index (κ2) is 6.45. The van der Waals surface area contributed by atoms with Crippen LogP contribution in [0.2, 0.25) is 0 Å². The Morgan fingerprint density at radius 3 is 3.00 bits per heavy atom. The standard InChI is InChI=1S/C14H17FN2O3/c15-13-11(4-1-7-16-13)14(20)17-8-2-3-10(9-17)5-6-12(18)19/h1,4,7,10H,2-3,5-6,8-9H2,(H,18,19). The molecular formula is C14H17FN2O3. The number of amides is 1. The SMILES string of the molecule is O=C(O)CCC1CCCN(C(=O)c2cccnc2F)C1. The smallest absolute Gasteiger partial charge is 0.303 e. The molecule has 1 unspecified atom stereocenters. The number of hydrogen-bond donors (Lipinski definition) is 1. The first-order valence-corrected chi connectivity index (χ1v) is 6.69. The summed E-state index contributed by atoms with van der Waals surface area (Å²) in [5.41, 5.74) is -0.0219. The molecule has 0 aliphatic carbocycles. The van der Waals surface area contributed by atoms with Crippen molar-refractivity contribution in [2.24, 2.45) is 5.92 Å². The normalized spacial score (nSPS) is 18.9. The lowest BCUT2D eigenvalue weighted by Crippen LogP contribution is -2.40. The minimum Gasteiger partial charge on any atom is -0.481 e. The highest BCUT2D eigenvalue weighted by molar-refractivity contribution is 5.94. The predicted octanol–water partition coefficient (Wildman–Crippen LogP) is 1.94. The molecule has 2 rings (SSSR count). The molecule has 0 saturated carbocycles. The zero-order valence-corrected chi connectivity index (χ0v) is 11.1. The van der Waals surface area contributed by atoms with Crippen LogP contribution in [0.3, 0.4) is 0 Å². The molecule has 0 radical (unpaired) electrons. The Balaban J connectivity index is 2.00. The van der Waals surface area contributed by atoms with E-state index in [2.05, 4.69) is 4.98 Å². The third-order valence-corrected chi connectivity index (χ3v) is 3.56. The van der Waals surface area contributed by atoms with Gasteiger partial charge in [0.25, 0.3) is 5.91 Å². The molecule has 1 aromatic rings. The van der Waals surface area contributed by atoms with Crippen molar-refractivity contribution in [1.82, 2.24) is 9.88 Å². The van der Waals surface area contributed by atoms with Gasteiger partial charge >= 0.3 is 5.97 Å². The Morgan fingerprint density at radius 2 is 2.30 bits per heavy atom. The number of carboxylic acids is 1. The fraction of sp³-hybridized carbons (Fsp3) is 0.500. The highest BCUT2D eigenvalue weighted by Gasteiger charge is 2.26. The van der Waals surface area contributed by atoms with Crippen molar-refractivity contribution in [2.75, 3.05) is 13.1 Å². The maximum Gasteiger partial charge on any atom is 0.303 e. The molecule has 1 amide bonds. The van der Waals surface area contributed by atoms with Crippen LogP contribution in [0.4, 0.5) is 4.39 Å². The Labute approximate surface area is 116 Å². The summed E-state index contributed by atoms with van der Waals surface area (Å²) in [6.07, 6.45) is 3.69. The third kappa shape index (κ3) is 3.53. The molecule has 1 aliphatic heterocycles. The van der Waals surface area contributed by atoms with Crippen molar-refractivity contribution in [3.8, 4) is 0 Å². The van der Waals surface area contributed by atoms with Gasteiger partial charge in [-0.05, 0) is 37.3 Å². The number of carboxylic acid groups (broad SMARTS) is 1. The van der Waals surface area contributed by atoms with E-state index in [9.17, 15) is 14.0 Å². The number of halogens is 1. The second-order valence-electron chi connectivity index (χ2n) is 5.03. The van der Waals surface area contributed by atoms with Gasteiger partial charge in [-0.3, -0.25) is 9.59 Å². The molecule has 5 nitrogen and oxygen atoms in total. The molecule has 2 heterocycles. The molecule has 6 heteroatoms. The minimum absolute atomic E-state index is 0.0219. The number of nitrogens with zero attached hydrogens (tertiary/aromatic N) is 2. The summed E-state index contributed by atoms with van der Waals surface area (Å²) in [7, 11) is 0. The van der Waals surface area contributed by atoms with Crippen LogP contribution < -0.4 is 0 Å². The molecule has 20 heavy (non-hydrogen) atoms. The molecule has 0 bridgehead atoms. The Bertz CT molecular complexity index is 507. The maximum absolute atomic E-state index is 13.5. The van der Waals surface area contributed by atoms with Crippen LogP contribution in [0.1, 0.15) is 36.0 Å². The van der Waals surface area contributed by atoms with E-state index in [4.69, 9.17) is 5.11 Å². The monoisotopic (exact) mass is 280 g/mol. The van der Waals surface area contributed by atoms with Gasteiger partial charge in [-0.15, -0.1) is 0 Å². The number of aromatic nitrogens is 1. The average molecular weight is 280 g/mol. The quantitative estimate of drug-likeness (QED) is 0.856. The number of likely N-dealkylation sites (tertiary alicyclic amines) is 1. The zero-order chi connectivity index (χ0) is 14.5. The van der Waals surface area contributed by atoms with Crippen LogP contribution in [0.25, 0.3) is 0 Å². The number of piperidine rings is 1. The molecule has 108 valence electrons. The molecule has 0 aromatic carbocycles. The highest BCUT2D eigenvalue weighted by atomic mass is 19.1. The number of carbonyl (C=O) groups is 2. The maximum atomic E-state index is 13.5. The lowest BCUT2D eigenvalue weighted by Gasteiger charge is -2.32.